The molecule has 0 aliphatic heterocycles. The second kappa shape index (κ2) is 4.66. The molecule has 5 heteroatoms. The van der Waals surface area contributed by atoms with Crippen molar-refractivity contribution in [3.8, 4) is 0 Å². The summed E-state index contributed by atoms with van der Waals surface area (Å²) in [6, 6.07) is 0. The average Bonchev–Trinajstić information content (AvgIpc) is 2.27. The standard InChI is InChI=1S/C12H19NO3S/c1-5-12(2,3)10-8-9(17(14,15)16)6-7-11(10)13-4/h5,8,13H,1,6-7H2,2-4H3,(H,14,15,16). The van der Waals surface area contributed by atoms with Gasteiger partial charge in [-0.05, 0) is 24.5 Å². The summed E-state index contributed by atoms with van der Waals surface area (Å²) in [5.74, 6) is 0. The molecule has 0 aromatic carbocycles. The zero-order valence-electron chi connectivity index (χ0n) is 10.4. The van der Waals surface area contributed by atoms with Gasteiger partial charge < -0.3 is 5.32 Å². The molecule has 0 aromatic rings. The summed E-state index contributed by atoms with van der Waals surface area (Å²) in [7, 11) is -2.29. The summed E-state index contributed by atoms with van der Waals surface area (Å²) in [5.41, 5.74) is 1.51. The first-order valence-electron chi connectivity index (χ1n) is 5.45. The topological polar surface area (TPSA) is 66.4 Å². The lowest BCUT2D eigenvalue weighted by Crippen LogP contribution is -2.22. The Bertz CT molecular complexity index is 484. The van der Waals surface area contributed by atoms with E-state index < -0.39 is 10.1 Å². The summed E-state index contributed by atoms with van der Waals surface area (Å²) in [6.07, 6.45) is 4.22. The van der Waals surface area contributed by atoms with Gasteiger partial charge in [0.05, 0.1) is 4.91 Å². The Hall–Kier alpha value is -1.07. The molecule has 0 unspecified atom stereocenters. The van der Waals surface area contributed by atoms with Crippen LogP contribution in [-0.2, 0) is 10.1 Å². The van der Waals surface area contributed by atoms with Crippen LogP contribution in [0.2, 0.25) is 0 Å². The zero-order chi connectivity index (χ0) is 13.3. The third-order valence-corrected chi connectivity index (χ3v) is 4.07. The van der Waals surface area contributed by atoms with Crippen molar-refractivity contribution in [2.45, 2.75) is 26.7 Å². The average molecular weight is 257 g/mol. The van der Waals surface area contributed by atoms with Gasteiger partial charge in [-0.1, -0.05) is 19.9 Å². The highest BCUT2D eigenvalue weighted by Gasteiger charge is 2.27. The molecule has 0 fully saturated rings. The van der Waals surface area contributed by atoms with Crippen LogP contribution < -0.4 is 5.32 Å². The van der Waals surface area contributed by atoms with E-state index in [1.807, 2.05) is 13.8 Å². The molecule has 0 heterocycles. The van der Waals surface area contributed by atoms with Crippen molar-refractivity contribution in [2.24, 2.45) is 5.41 Å². The number of hydrogen-bond donors (Lipinski definition) is 2. The van der Waals surface area contributed by atoms with Crippen molar-refractivity contribution in [3.63, 3.8) is 0 Å². The molecule has 96 valence electrons. The number of allylic oxidation sites excluding steroid dienone is 5. The Kier molecular flexibility index (Phi) is 3.84. The minimum absolute atomic E-state index is 0.0708. The third kappa shape index (κ3) is 2.98. The summed E-state index contributed by atoms with van der Waals surface area (Å²) in [6.45, 7) is 7.67. The third-order valence-electron chi connectivity index (χ3n) is 3.09. The van der Waals surface area contributed by atoms with Gasteiger partial charge >= 0.3 is 0 Å². The molecule has 1 aliphatic carbocycles. The molecule has 1 aliphatic rings. The van der Waals surface area contributed by atoms with Crippen molar-refractivity contribution < 1.29 is 13.0 Å². The van der Waals surface area contributed by atoms with E-state index in [0.717, 1.165) is 11.3 Å². The van der Waals surface area contributed by atoms with Gasteiger partial charge in [-0.2, -0.15) is 8.42 Å². The predicted molar refractivity (Wildman–Crippen MR) is 68.9 cm³/mol. The van der Waals surface area contributed by atoms with E-state index in [0.29, 0.717) is 12.8 Å². The summed E-state index contributed by atoms with van der Waals surface area (Å²) in [5, 5.41) is 3.08. The Morgan fingerprint density at radius 3 is 2.47 bits per heavy atom. The minimum atomic E-state index is -4.09. The normalized spacial score (nSPS) is 17.8. The maximum Gasteiger partial charge on any atom is 0.290 e. The van der Waals surface area contributed by atoms with E-state index in [-0.39, 0.29) is 10.3 Å². The first-order chi connectivity index (χ1) is 7.72. The van der Waals surface area contributed by atoms with E-state index in [1.165, 1.54) is 0 Å². The lowest BCUT2D eigenvalue weighted by atomic mass is 9.80. The largest absolute Gasteiger partial charge is 0.391 e. The van der Waals surface area contributed by atoms with E-state index in [4.69, 9.17) is 4.55 Å². The van der Waals surface area contributed by atoms with Crippen molar-refractivity contribution in [1.82, 2.24) is 5.32 Å². The van der Waals surface area contributed by atoms with E-state index in [2.05, 4.69) is 11.9 Å². The SMILES string of the molecule is C=CC(C)(C)C1=C(NC)CCC(S(=O)(=O)O)=C1. The van der Waals surface area contributed by atoms with Crippen LogP contribution in [0.3, 0.4) is 0 Å². The van der Waals surface area contributed by atoms with Gasteiger partial charge in [-0.25, -0.2) is 0 Å². The molecule has 0 bridgehead atoms. The first-order valence-corrected chi connectivity index (χ1v) is 6.89. The molecular formula is C12H19NO3S. The molecule has 0 atom stereocenters. The highest BCUT2D eigenvalue weighted by Crippen LogP contribution is 2.37. The molecule has 0 saturated carbocycles. The maximum atomic E-state index is 11.2. The maximum absolute atomic E-state index is 11.2. The van der Waals surface area contributed by atoms with Gasteiger partial charge in [0.15, 0.2) is 0 Å². The highest BCUT2D eigenvalue weighted by molar-refractivity contribution is 7.89. The van der Waals surface area contributed by atoms with Crippen molar-refractivity contribution >= 4 is 10.1 Å². The Morgan fingerprint density at radius 1 is 1.47 bits per heavy atom. The summed E-state index contributed by atoms with van der Waals surface area (Å²) >= 11 is 0. The van der Waals surface area contributed by atoms with Gasteiger partial charge in [-0.15, -0.1) is 6.58 Å². The van der Waals surface area contributed by atoms with E-state index in [9.17, 15) is 8.42 Å². The van der Waals surface area contributed by atoms with Crippen molar-refractivity contribution in [3.05, 3.63) is 34.9 Å². The molecule has 0 amide bonds. The molecule has 2 N–H and O–H groups in total. The van der Waals surface area contributed by atoms with Crippen LogP contribution in [0.1, 0.15) is 26.7 Å². The van der Waals surface area contributed by atoms with E-state index in [1.54, 1.807) is 19.2 Å². The van der Waals surface area contributed by atoms with E-state index >= 15 is 0 Å². The fourth-order valence-corrected chi connectivity index (χ4v) is 2.48. The lowest BCUT2D eigenvalue weighted by Gasteiger charge is -2.29. The van der Waals surface area contributed by atoms with Crippen LogP contribution in [0.4, 0.5) is 0 Å². The van der Waals surface area contributed by atoms with Gasteiger partial charge in [0.2, 0.25) is 0 Å². The number of hydrogen-bond acceptors (Lipinski definition) is 3. The zero-order valence-corrected chi connectivity index (χ0v) is 11.3. The van der Waals surface area contributed by atoms with Crippen LogP contribution in [0.25, 0.3) is 0 Å². The summed E-state index contributed by atoms with van der Waals surface area (Å²) in [4.78, 5) is 0.0708. The van der Waals surface area contributed by atoms with Gasteiger partial charge in [-0.3, -0.25) is 4.55 Å². The molecule has 1 rings (SSSR count). The second-order valence-corrected chi connectivity index (χ2v) is 6.13. The molecular weight excluding hydrogens is 238 g/mol. The molecule has 0 radical (unpaired) electrons. The molecule has 0 spiro atoms. The smallest absolute Gasteiger partial charge is 0.290 e. The second-order valence-electron chi connectivity index (χ2n) is 4.65. The van der Waals surface area contributed by atoms with Crippen LogP contribution in [0.15, 0.2) is 34.9 Å². The number of nitrogens with one attached hydrogen (secondary N) is 1. The molecule has 0 aromatic heterocycles. The quantitative estimate of drug-likeness (QED) is 0.599. The lowest BCUT2D eigenvalue weighted by molar-refractivity contribution is 0.487. The van der Waals surface area contributed by atoms with Crippen molar-refractivity contribution in [1.29, 1.82) is 0 Å². The molecule has 17 heavy (non-hydrogen) atoms. The molecule has 0 saturated heterocycles. The Morgan fingerprint density at radius 2 is 2.06 bits per heavy atom. The minimum Gasteiger partial charge on any atom is -0.391 e. The highest BCUT2D eigenvalue weighted by atomic mass is 32.2. The predicted octanol–water partition coefficient (Wildman–Crippen LogP) is 2.24. The van der Waals surface area contributed by atoms with Crippen LogP contribution in [0.5, 0.6) is 0 Å². The number of rotatable bonds is 4. The van der Waals surface area contributed by atoms with Gasteiger partial charge in [0.25, 0.3) is 10.1 Å². The first kappa shape index (κ1) is 14.0. The van der Waals surface area contributed by atoms with Gasteiger partial charge in [0, 0.05) is 18.2 Å². The Labute approximate surface area is 103 Å². The Balaban J connectivity index is 3.34. The van der Waals surface area contributed by atoms with Gasteiger partial charge in [0.1, 0.15) is 0 Å². The fourth-order valence-electron chi connectivity index (χ4n) is 1.85. The monoisotopic (exact) mass is 257 g/mol. The van der Waals surface area contributed by atoms with Crippen LogP contribution in [-0.4, -0.2) is 20.0 Å². The summed E-state index contributed by atoms with van der Waals surface area (Å²) < 4.78 is 31.4. The van der Waals surface area contributed by atoms with Crippen LogP contribution in [0, 0.1) is 5.41 Å². The fraction of sp³-hybridized carbons (Fsp3) is 0.500. The van der Waals surface area contributed by atoms with Crippen molar-refractivity contribution in [2.75, 3.05) is 7.05 Å². The molecule has 4 nitrogen and oxygen atoms in total. The van der Waals surface area contributed by atoms with Crippen LogP contribution >= 0.6 is 0 Å².